The lowest BCUT2D eigenvalue weighted by Gasteiger charge is -2.18. The van der Waals surface area contributed by atoms with E-state index in [0.717, 1.165) is 40.3 Å². The molecule has 3 aromatic carbocycles. The van der Waals surface area contributed by atoms with E-state index in [1.54, 1.807) is 24.4 Å². The van der Waals surface area contributed by atoms with Gasteiger partial charge in [-0.1, -0.05) is 36.4 Å². The van der Waals surface area contributed by atoms with Crippen molar-refractivity contribution in [3.8, 4) is 16.9 Å². The molecule has 6 nitrogen and oxygen atoms in total. The number of benzene rings is 3. The molecule has 0 spiro atoms. The Hall–Kier alpha value is -4.37. The van der Waals surface area contributed by atoms with Crippen LogP contribution in [0.2, 0.25) is 0 Å². The standard InChI is InChI=1S/C27H21N3O3/c1-29-21-8-6-20(14-26(31)32)25(15-21)33-24-9-7-16-2-4-18(12-22(16)24)19-5-3-17-10-11-30-27(28)23(17)13-19/h2-6,8,10-13,15,24H,7,9,14H2,(H2,28,30)(H,31,32)/t24-/m1/s1. The largest absolute Gasteiger partial charge is 0.487 e. The fourth-order valence-corrected chi connectivity index (χ4v) is 4.42. The predicted octanol–water partition coefficient (Wildman–Crippen LogP) is 5.73. The van der Waals surface area contributed by atoms with Crippen molar-refractivity contribution < 1.29 is 14.6 Å². The fourth-order valence-electron chi connectivity index (χ4n) is 4.42. The van der Waals surface area contributed by atoms with E-state index in [9.17, 15) is 9.90 Å². The predicted molar refractivity (Wildman–Crippen MR) is 127 cm³/mol. The first kappa shape index (κ1) is 20.5. The number of nitrogen functional groups attached to an aromatic ring is 1. The van der Waals surface area contributed by atoms with Gasteiger partial charge in [0.05, 0.1) is 13.0 Å². The summed E-state index contributed by atoms with van der Waals surface area (Å²) in [4.78, 5) is 19.0. The van der Waals surface area contributed by atoms with Crippen molar-refractivity contribution in [1.82, 2.24) is 4.98 Å². The van der Waals surface area contributed by atoms with E-state index >= 15 is 0 Å². The first-order valence-electron chi connectivity index (χ1n) is 10.7. The summed E-state index contributed by atoms with van der Waals surface area (Å²) in [6, 6.07) is 19.4. The van der Waals surface area contributed by atoms with Crippen molar-refractivity contribution in [3.05, 3.63) is 95.0 Å². The average Bonchev–Trinajstić information content (AvgIpc) is 3.22. The number of aliphatic carboxylic acids is 1. The van der Waals surface area contributed by atoms with Gasteiger partial charge >= 0.3 is 5.97 Å². The third-order valence-corrected chi connectivity index (χ3v) is 6.09. The maximum atomic E-state index is 11.3. The van der Waals surface area contributed by atoms with Crippen molar-refractivity contribution in [2.45, 2.75) is 25.4 Å². The highest BCUT2D eigenvalue weighted by Gasteiger charge is 2.26. The highest BCUT2D eigenvalue weighted by molar-refractivity contribution is 5.94. The lowest BCUT2D eigenvalue weighted by Crippen LogP contribution is -2.08. The zero-order valence-corrected chi connectivity index (χ0v) is 17.8. The van der Waals surface area contributed by atoms with E-state index in [1.807, 2.05) is 18.2 Å². The van der Waals surface area contributed by atoms with Crippen LogP contribution in [0.4, 0.5) is 11.5 Å². The summed E-state index contributed by atoms with van der Waals surface area (Å²) in [7, 11) is 0. The van der Waals surface area contributed by atoms with Crippen molar-refractivity contribution in [3.63, 3.8) is 0 Å². The van der Waals surface area contributed by atoms with E-state index in [2.05, 4.69) is 34.1 Å². The van der Waals surface area contributed by atoms with Gasteiger partial charge in [0.25, 0.3) is 0 Å². The van der Waals surface area contributed by atoms with Gasteiger partial charge in [0.2, 0.25) is 0 Å². The van der Waals surface area contributed by atoms with Crippen LogP contribution in [0.1, 0.15) is 29.2 Å². The Morgan fingerprint density at radius 3 is 2.76 bits per heavy atom. The maximum Gasteiger partial charge on any atom is 0.307 e. The Morgan fingerprint density at radius 1 is 1.12 bits per heavy atom. The monoisotopic (exact) mass is 435 g/mol. The van der Waals surface area contributed by atoms with Crippen molar-refractivity contribution in [1.29, 1.82) is 0 Å². The smallest absolute Gasteiger partial charge is 0.307 e. The molecular weight excluding hydrogens is 414 g/mol. The quantitative estimate of drug-likeness (QED) is 0.391. The van der Waals surface area contributed by atoms with E-state index in [0.29, 0.717) is 22.8 Å². The van der Waals surface area contributed by atoms with E-state index in [4.69, 9.17) is 17.0 Å². The van der Waals surface area contributed by atoms with Crippen LogP contribution >= 0.6 is 0 Å². The molecule has 0 saturated carbocycles. The molecule has 0 radical (unpaired) electrons. The number of fused-ring (bicyclic) bond motifs is 2. The molecular formula is C27H21N3O3. The normalized spacial score (nSPS) is 14.6. The molecule has 0 saturated heterocycles. The van der Waals surface area contributed by atoms with Gasteiger partial charge in [-0.25, -0.2) is 9.83 Å². The number of aryl methyl sites for hydroxylation is 1. The molecule has 1 aromatic heterocycles. The van der Waals surface area contributed by atoms with Crippen molar-refractivity contribution in [2.24, 2.45) is 0 Å². The van der Waals surface area contributed by atoms with Gasteiger partial charge in [-0.15, -0.1) is 0 Å². The number of rotatable bonds is 5. The Balaban J connectivity index is 1.50. The van der Waals surface area contributed by atoms with E-state index in [-0.39, 0.29) is 12.5 Å². The second-order valence-corrected chi connectivity index (χ2v) is 8.17. The molecule has 4 aromatic rings. The lowest BCUT2D eigenvalue weighted by atomic mass is 9.98. The molecule has 33 heavy (non-hydrogen) atoms. The minimum atomic E-state index is -0.936. The van der Waals surface area contributed by atoms with Gasteiger partial charge in [-0.05, 0) is 64.7 Å². The van der Waals surface area contributed by atoms with Crippen LogP contribution in [0.25, 0.3) is 26.7 Å². The van der Waals surface area contributed by atoms with Gasteiger partial charge in [-0.2, -0.15) is 0 Å². The van der Waals surface area contributed by atoms with E-state index < -0.39 is 5.97 Å². The van der Waals surface area contributed by atoms with Gasteiger partial charge in [0.15, 0.2) is 5.69 Å². The zero-order chi connectivity index (χ0) is 22.9. The van der Waals surface area contributed by atoms with Crippen LogP contribution < -0.4 is 10.5 Å². The molecule has 1 aliphatic carbocycles. The third kappa shape index (κ3) is 3.97. The molecule has 1 heterocycles. The topological polar surface area (TPSA) is 89.8 Å². The highest BCUT2D eigenvalue weighted by Crippen LogP contribution is 2.39. The number of nitrogens with zero attached hydrogens (tertiary/aromatic N) is 2. The SMILES string of the molecule is [C-]#[N+]c1ccc(CC(=O)O)c(O[C@@H]2CCc3ccc(-c4ccc5ccnc(N)c5c4)cc32)c1. The van der Waals surface area contributed by atoms with Crippen molar-refractivity contribution >= 4 is 28.2 Å². The second-order valence-electron chi connectivity index (χ2n) is 8.17. The lowest BCUT2D eigenvalue weighted by molar-refractivity contribution is -0.136. The number of aromatic nitrogens is 1. The molecule has 1 atom stereocenters. The Morgan fingerprint density at radius 2 is 1.94 bits per heavy atom. The van der Waals surface area contributed by atoms with Gasteiger partial charge in [-0.3, -0.25) is 4.79 Å². The number of pyridine rings is 1. The Labute approximate surface area is 191 Å². The average molecular weight is 435 g/mol. The van der Waals surface area contributed by atoms with Crippen LogP contribution in [-0.4, -0.2) is 16.1 Å². The summed E-state index contributed by atoms with van der Waals surface area (Å²) >= 11 is 0. The van der Waals surface area contributed by atoms with Crippen LogP contribution in [-0.2, 0) is 17.6 Å². The Bertz CT molecular complexity index is 1440. The summed E-state index contributed by atoms with van der Waals surface area (Å²) in [5.41, 5.74) is 11.5. The molecule has 0 amide bonds. The number of hydrogen-bond acceptors (Lipinski definition) is 4. The molecule has 0 fully saturated rings. The summed E-state index contributed by atoms with van der Waals surface area (Å²) in [5, 5.41) is 11.2. The molecule has 0 unspecified atom stereocenters. The molecule has 0 bridgehead atoms. The fraction of sp³-hybridized carbons (Fsp3) is 0.148. The number of carboxylic acid groups (broad SMARTS) is 1. The molecule has 6 heteroatoms. The molecule has 3 N–H and O–H groups in total. The van der Waals surface area contributed by atoms with Gasteiger partial charge in [0.1, 0.15) is 17.7 Å². The molecule has 1 aliphatic rings. The third-order valence-electron chi connectivity index (χ3n) is 6.09. The first-order chi connectivity index (χ1) is 16.0. The van der Waals surface area contributed by atoms with Crippen LogP contribution in [0.3, 0.4) is 0 Å². The number of hydrogen-bond donors (Lipinski definition) is 2. The molecule has 5 rings (SSSR count). The summed E-state index contributed by atoms with van der Waals surface area (Å²) < 4.78 is 6.32. The number of carboxylic acids is 1. The highest BCUT2D eigenvalue weighted by atomic mass is 16.5. The second kappa shape index (κ2) is 8.29. The first-order valence-corrected chi connectivity index (χ1v) is 10.7. The Kier molecular flexibility index (Phi) is 5.15. The number of anilines is 1. The number of ether oxygens (including phenoxy) is 1. The minimum Gasteiger partial charge on any atom is -0.487 e. The summed E-state index contributed by atoms with van der Waals surface area (Å²) in [6.07, 6.45) is 3.02. The minimum absolute atomic E-state index is 0.153. The summed E-state index contributed by atoms with van der Waals surface area (Å²) in [6.45, 7) is 7.29. The van der Waals surface area contributed by atoms with Gasteiger partial charge in [0, 0.05) is 17.1 Å². The van der Waals surface area contributed by atoms with Crippen LogP contribution in [0.5, 0.6) is 5.75 Å². The van der Waals surface area contributed by atoms with E-state index in [1.165, 1.54) is 5.56 Å². The number of carbonyl (C=O) groups is 1. The number of nitrogens with two attached hydrogens (primary N) is 1. The van der Waals surface area contributed by atoms with Gasteiger partial charge < -0.3 is 15.6 Å². The zero-order valence-electron chi connectivity index (χ0n) is 17.8. The maximum absolute atomic E-state index is 11.3. The van der Waals surface area contributed by atoms with Crippen LogP contribution in [0.15, 0.2) is 66.9 Å². The summed E-state index contributed by atoms with van der Waals surface area (Å²) in [5.74, 6) is 0.0238. The molecule has 0 aliphatic heterocycles. The van der Waals surface area contributed by atoms with Crippen molar-refractivity contribution in [2.75, 3.05) is 5.73 Å². The molecule has 162 valence electrons. The van der Waals surface area contributed by atoms with Crippen LogP contribution in [0, 0.1) is 6.57 Å².